The van der Waals surface area contributed by atoms with Crippen LogP contribution in [0.3, 0.4) is 0 Å². The lowest BCUT2D eigenvalue weighted by Gasteiger charge is -2.33. The summed E-state index contributed by atoms with van der Waals surface area (Å²) >= 11 is 0. The monoisotopic (exact) mass is 701 g/mol. The summed E-state index contributed by atoms with van der Waals surface area (Å²) in [6.07, 6.45) is 2.09. The number of hydrogen-bond donors (Lipinski definition) is 0. The summed E-state index contributed by atoms with van der Waals surface area (Å²) < 4.78 is 0. The van der Waals surface area contributed by atoms with Crippen LogP contribution in [0, 0.1) is 0 Å². The maximum atomic E-state index is 2.61. The lowest BCUT2D eigenvalue weighted by atomic mass is 9.70. The van der Waals surface area contributed by atoms with Crippen LogP contribution in [-0.4, -0.2) is 0 Å². The van der Waals surface area contributed by atoms with Crippen molar-refractivity contribution in [2.75, 3.05) is 4.90 Å². The minimum atomic E-state index is -0.409. The van der Waals surface area contributed by atoms with Gasteiger partial charge in [0.25, 0.3) is 0 Å². The molecule has 55 heavy (non-hydrogen) atoms. The molecular formula is C54H39N. The van der Waals surface area contributed by atoms with Crippen LogP contribution in [0.2, 0.25) is 0 Å². The molecule has 1 heteroatoms. The number of aryl methyl sites for hydroxylation is 2. The van der Waals surface area contributed by atoms with Gasteiger partial charge in [0.2, 0.25) is 0 Å². The van der Waals surface area contributed by atoms with Crippen LogP contribution in [0.4, 0.5) is 17.1 Å². The van der Waals surface area contributed by atoms with E-state index in [2.05, 4.69) is 195 Å². The molecule has 260 valence electrons. The predicted molar refractivity (Wildman–Crippen MR) is 228 cm³/mol. The maximum Gasteiger partial charge on any atom is 0.0726 e. The third-order valence-electron chi connectivity index (χ3n) is 13.4. The van der Waals surface area contributed by atoms with Gasteiger partial charge in [0.05, 0.1) is 16.8 Å². The predicted octanol–water partition coefficient (Wildman–Crippen LogP) is 13.6. The normalized spacial score (nSPS) is 15.2. The standard InChI is InChI=1S/C54H39N/c1-53(2)43-21-9-7-19-41(43)51-47(53)25-13-27-49(51)55(36-31-32-38-35(33-36)30-29-34-15-3-4-16-37(34)38)50-28-14-26-48-52(50)42-20-8-12-24-46(42)54(48)44-22-10-5-17-39(44)40-18-6-11-23-45(40)54/h3-28,31-33H,29-30H2,1-2H3. The van der Waals surface area contributed by atoms with Crippen molar-refractivity contribution in [3.8, 4) is 44.5 Å². The second kappa shape index (κ2) is 11.1. The Morgan fingerprint density at radius 3 is 1.49 bits per heavy atom. The van der Waals surface area contributed by atoms with E-state index in [0.717, 1.165) is 12.8 Å². The summed E-state index contributed by atoms with van der Waals surface area (Å²) in [5, 5.41) is 0. The molecule has 0 saturated heterocycles. The Kier molecular flexibility index (Phi) is 6.23. The SMILES string of the molecule is CC1(C)c2ccccc2-c2c(N(c3ccc4c(c3)CCc3ccccc3-4)c3cccc4c3-c3ccccc3C43c4ccccc4-c4ccccc43)cccc21. The van der Waals surface area contributed by atoms with Crippen LogP contribution in [-0.2, 0) is 23.7 Å². The van der Waals surface area contributed by atoms with Crippen LogP contribution < -0.4 is 4.90 Å². The van der Waals surface area contributed by atoms with Gasteiger partial charge in [0.1, 0.15) is 0 Å². The molecule has 12 rings (SSSR count). The molecule has 8 aromatic carbocycles. The van der Waals surface area contributed by atoms with Crippen molar-refractivity contribution in [1.29, 1.82) is 0 Å². The zero-order valence-corrected chi connectivity index (χ0v) is 31.1. The summed E-state index contributed by atoms with van der Waals surface area (Å²) in [4.78, 5) is 2.61. The van der Waals surface area contributed by atoms with Gasteiger partial charge in [-0.05, 0) is 115 Å². The van der Waals surface area contributed by atoms with E-state index in [9.17, 15) is 0 Å². The Morgan fingerprint density at radius 2 is 0.818 bits per heavy atom. The maximum absolute atomic E-state index is 2.61. The highest BCUT2D eigenvalue weighted by molar-refractivity contribution is 6.03. The van der Waals surface area contributed by atoms with E-state index in [1.54, 1.807) is 0 Å². The van der Waals surface area contributed by atoms with Gasteiger partial charge in [-0.15, -0.1) is 0 Å². The summed E-state index contributed by atoms with van der Waals surface area (Å²) in [6.45, 7) is 4.77. The third kappa shape index (κ3) is 3.93. The Hall–Kier alpha value is -6.44. The number of fused-ring (bicyclic) bond motifs is 16. The zero-order valence-electron chi connectivity index (χ0n) is 31.1. The molecule has 0 fully saturated rings. The van der Waals surface area contributed by atoms with Crippen LogP contribution in [0.25, 0.3) is 44.5 Å². The first-order valence-electron chi connectivity index (χ1n) is 19.7. The van der Waals surface area contributed by atoms with Crippen molar-refractivity contribution in [3.05, 3.63) is 220 Å². The fraction of sp³-hybridized carbons (Fsp3) is 0.111. The molecule has 0 bridgehead atoms. The minimum absolute atomic E-state index is 0.111. The molecule has 0 amide bonds. The molecule has 4 aliphatic carbocycles. The number of hydrogen-bond acceptors (Lipinski definition) is 1. The Balaban J connectivity index is 1.18. The highest BCUT2D eigenvalue weighted by Gasteiger charge is 2.52. The number of rotatable bonds is 3. The molecule has 0 N–H and O–H groups in total. The van der Waals surface area contributed by atoms with Crippen molar-refractivity contribution in [2.45, 2.75) is 37.5 Å². The Bertz CT molecular complexity index is 2880. The summed E-state index contributed by atoms with van der Waals surface area (Å²) in [5.74, 6) is 0. The van der Waals surface area contributed by atoms with E-state index in [0.29, 0.717) is 0 Å². The highest BCUT2D eigenvalue weighted by atomic mass is 15.1. The van der Waals surface area contributed by atoms with E-state index < -0.39 is 5.41 Å². The second-order valence-electron chi connectivity index (χ2n) is 16.3. The molecule has 0 atom stereocenters. The van der Waals surface area contributed by atoms with Gasteiger partial charge in [-0.2, -0.15) is 0 Å². The summed E-state index contributed by atoms with van der Waals surface area (Å²) in [5.41, 5.74) is 24.9. The van der Waals surface area contributed by atoms with Gasteiger partial charge in [-0.3, -0.25) is 0 Å². The Labute approximate surface area is 323 Å². The highest BCUT2D eigenvalue weighted by Crippen LogP contribution is 2.65. The van der Waals surface area contributed by atoms with E-state index in [-0.39, 0.29) is 5.41 Å². The first kappa shape index (κ1) is 31.0. The lowest BCUT2D eigenvalue weighted by Crippen LogP contribution is -2.26. The fourth-order valence-corrected chi connectivity index (χ4v) is 11.1. The third-order valence-corrected chi connectivity index (χ3v) is 13.4. The van der Waals surface area contributed by atoms with E-state index in [1.807, 2.05) is 0 Å². The fourth-order valence-electron chi connectivity index (χ4n) is 11.1. The van der Waals surface area contributed by atoms with Crippen LogP contribution >= 0.6 is 0 Å². The number of nitrogens with zero attached hydrogens (tertiary/aromatic N) is 1. The van der Waals surface area contributed by atoms with Crippen LogP contribution in [0.5, 0.6) is 0 Å². The molecular weight excluding hydrogens is 663 g/mol. The smallest absolute Gasteiger partial charge is 0.0726 e. The second-order valence-corrected chi connectivity index (χ2v) is 16.3. The largest absolute Gasteiger partial charge is 0.309 e. The van der Waals surface area contributed by atoms with E-state index in [4.69, 9.17) is 0 Å². The molecule has 8 aromatic rings. The summed E-state index contributed by atoms with van der Waals surface area (Å²) in [6, 6.07) is 66.8. The van der Waals surface area contributed by atoms with Gasteiger partial charge in [0.15, 0.2) is 0 Å². The molecule has 0 unspecified atom stereocenters. The molecule has 0 heterocycles. The van der Waals surface area contributed by atoms with Gasteiger partial charge >= 0.3 is 0 Å². The minimum Gasteiger partial charge on any atom is -0.309 e. The van der Waals surface area contributed by atoms with Gasteiger partial charge in [-0.1, -0.05) is 166 Å². The van der Waals surface area contributed by atoms with Gasteiger partial charge in [0, 0.05) is 22.2 Å². The first-order chi connectivity index (χ1) is 27.1. The first-order valence-corrected chi connectivity index (χ1v) is 19.7. The molecule has 1 nitrogen and oxygen atoms in total. The zero-order chi connectivity index (χ0) is 36.5. The van der Waals surface area contributed by atoms with Crippen LogP contribution in [0.15, 0.2) is 176 Å². The number of anilines is 3. The molecule has 4 aliphatic rings. The van der Waals surface area contributed by atoms with Crippen molar-refractivity contribution in [2.24, 2.45) is 0 Å². The van der Waals surface area contributed by atoms with E-state index >= 15 is 0 Å². The van der Waals surface area contributed by atoms with Crippen molar-refractivity contribution < 1.29 is 0 Å². The molecule has 0 saturated carbocycles. The number of benzene rings is 8. The van der Waals surface area contributed by atoms with Crippen molar-refractivity contribution in [1.82, 2.24) is 0 Å². The van der Waals surface area contributed by atoms with Crippen molar-refractivity contribution in [3.63, 3.8) is 0 Å². The Morgan fingerprint density at radius 1 is 0.364 bits per heavy atom. The van der Waals surface area contributed by atoms with Crippen LogP contribution in [0.1, 0.15) is 58.4 Å². The van der Waals surface area contributed by atoms with E-state index in [1.165, 1.54) is 106 Å². The molecule has 0 aliphatic heterocycles. The molecule has 0 aromatic heterocycles. The molecule has 1 spiro atoms. The molecule has 0 radical (unpaired) electrons. The summed E-state index contributed by atoms with van der Waals surface area (Å²) in [7, 11) is 0. The van der Waals surface area contributed by atoms with Crippen molar-refractivity contribution >= 4 is 17.1 Å². The lowest BCUT2D eigenvalue weighted by molar-refractivity contribution is 0.660. The van der Waals surface area contributed by atoms with Gasteiger partial charge in [-0.25, -0.2) is 0 Å². The van der Waals surface area contributed by atoms with Gasteiger partial charge < -0.3 is 4.90 Å². The average molecular weight is 702 g/mol. The quantitative estimate of drug-likeness (QED) is 0.177. The topological polar surface area (TPSA) is 3.24 Å². The average Bonchev–Trinajstić information content (AvgIpc) is 3.80.